The molecule has 0 spiro atoms. The second-order valence-corrected chi connectivity index (χ2v) is 24.4. The monoisotopic (exact) mass is 970 g/mol. The van der Waals surface area contributed by atoms with Gasteiger partial charge in [0, 0.05) is 52.1 Å². The molecule has 1 atom stereocenters. The Morgan fingerprint density at radius 2 is 1.30 bits per heavy atom. The standard InChI is InChI=1S/C58H74N2O7SSi/c1-8-9-10-11-12-13-14-15-16-17-18-19-20-21-22-23-24-25-26-27-53(61)59-45(2)57(63)66-49-34-30-47(31-35-49)56-54(51-37-36-50(44-52(51)68-56)67-69(6,7)58(3,4)5)55(62)46-28-32-48(33-29-46)65-43-40-60-38-41-64-42-39-60/h9-10,12-13,15-16,18-19,21-22,24-25,28-37,44-45H,8,11,14,17,20,23,26-27,38-43H2,1-7H3,(H,59,61)/t45-/m0/s1. The first-order valence-corrected chi connectivity index (χ1v) is 28.3. The molecule has 69 heavy (non-hydrogen) atoms. The third-order valence-electron chi connectivity index (χ3n) is 12.2. The largest absolute Gasteiger partial charge is 0.543 e. The molecule has 0 unspecified atom stereocenters. The number of ether oxygens (including phenoxy) is 3. The van der Waals surface area contributed by atoms with Gasteiger partial charge in [-0.15, -0.1) is 11.3 Å². The first kappa shape index (κ1) is 54.3. The first-order valence-electron chi connectivity index (χ1n) is 24.6. The number of nitrogens with zero attached hydrogens (tertiary/aromatic N) is 1. The number of nitrogens with one attached hydrogen (secondary N) is 1. The van der Waals surface area contributed by atoms with E-state index in [0.717, 1.165) is 97.6 Å². The lowest BCUT2D eigenvalue weighted by Gasteiger charge is -2.36. The Labute approximate surface area is 416 Å². The Balaban J connectivity index is 1.13. The number of allylic oxidation sites excluding steroid dienone is 12. The van der Waals surface area contributed by atoms with Crippen LogP contribution in [0.5, 0.6) is 17.2 Å². The number of carbonyl (C=O) groups is 3. The summed E-state index contributed by atoms with van der Waals surface area (Å²) in [5, 5.41) is 3.63. The van der Waals surface area contributed by atoms with Crippen molar-refractivity contribution in [3.05, 3.63) is 151 Å². The van der Waals surface area contributed by atoms with E-state index in [-0.39, 0.29) is 23.1 Å². The average Bonchev–Trinajstić information content (AvgIpc) is 3.71. The summed E-state index contributed by atoms with van der Waals surface area (Å²) in [7, 11) is -2.12. The van der Waals surface area contributed by atoms with Crippen LogP contribution in [0.2, 0.25) is 18.1 Å². The number of hydrogen-bond acceptors (Lipinski definition) is 9. The molecule has 0 saturated carbocycles. The van der Waals surface area contributed by atoms with Crippen molar-refractivity contribution < 1.29 is 33.0 Å². The quantitative estimate of drug-likeness (QED) is 0.0218. The highest BCUT2D eigenvalue weighted by atomic mass is 32.1. The van der Waals surface area contributed by atoms with Gasteiger partial charge in [-0.3, -0.25) is 14.5 Å². The highest BCUT2D eigenvalue weighted by Crippen LogP contribution is 2.43. The molecule has 11 heteroatoms. The zero-order chi connectivity index (χ0) is 49.5. The summed E-state index contributed by atoms with van der Waals surface area (Å²) in [5.74, 6) is 0.950. The van der Waals surface area contributed by atoms with E-state index < -0.39 is 20.3 Å². The van der Waals surface area contributed by atoms with E-state index in [1.807, 2.05) is 66.7 Å². The van der Waals surface area contributed by atoms with Gasteiger partial charge in [0.1, 0.15) is 29.9 Å². The fraction of sp³-hybridized carbons (Fsp3) is 0.397. The second-order valence-electron chi connectivity index (χ2n) is 18.7. The first-order chi connectivity index (χ1) is 33.3. The summed E-state index contributed by atoms with van der Waals surface area (Å²) in [6, 6.07) is 19.7. The molecular weight excluding hydrogens is 897 g/mol. The smallest absolute Gasteiger partial charge is 0.333 e. The Morgan fingerprint density at radius 3 is 1.88 bits per heavy atom. The van der Waals surface area contributed by atoms with Crippen LogP contribution in [-0.4, -0.2) is 76.4 Å². The van der Waals surface area contributed by atoms with Crippen molar-refractivity contribution in [1.29, 1.82) is 0 Å². The molecule has 1 aliphatic rings. The van der Waals surface area contributed by atoms with Gasteiger partial charge >= 0.3 is 5.97 Å². The number of esters is 1. The number of hydrogen-bond donors (Lipinski definition) is 1. The number of benzene rings is 3. The molecule has 368 valence electrons. The van der Waals surface area contributed by atoms with Gasteiger partial charge < -0.3 is 24.0 Å². The van der Waals surface area contributed by atoms with Crippen molar-refractivity contribution in [2.24, 2.45) is 0 Å². The number of rotatable bonds is 26. The van der Waals surface area contributed by atoms with E-state index >= 15 is 0 Å². The molecule has 5 rings (SSSR count). The van der Waals surface area contributed by atoms with Crippen LogP contribution < -0.4 is 19.2 Å². The van der Waals surface area contributed by atoms with Crippen molar-refractivity contribution >= 4 is 47.4 Å². The number of thiophene rings is 1. The van der Waals surface area contributed by atoms with Crippen LogP contribution in [0.25, 0.3) is 20.5 Å². The predicted molar refractivity (Wildman–Crippen MR) is 288 cm³/mol. The molecule has 9 nitrogen and oxygen atoms in total. The van der Waals surface area contributed by atoms with E-state index in [1.165, 1.54) is 11.3 Å². The summed E-state index contributed by atoms with van der Waals surface area (Å²) >= 11 is 1.53. The highest BCUT2D eigenvalue weighted by Gasteiger charge is 2.39. The Morgan fingerprint density at radius 1 is 0.754 bits per heavy atom. The van der Waals surface area contributed by atoms with Crippen LogP contribution in [0.3, 0.4) is 0 Å². The molecule has 1 fully saturated rings. The van der Waals surface area contributed by atoms with Crippen LogP contribution in [0, 0.1) is 0 Å². The van der Waals surface area contributed by atoms with Crippen LogP contribution in [0.1, 0.15) is 102 Å². The number of fused-ring (bicyclic) bond motifs is 1. The van der Waals surface area contributed by atoms with Crippen molar-refractivity contribution in [2.45, 2.75) is 110 Å². The fourth-order valence-corrected chi connectivity index (χ4v) is 9.34. The molecule has 0 radical (unpaired) electrons. The summed E-state index contributed by atoms with van der Waals surface area (Å²) in [6.07, 6.45) is 32.3. The van der Waals surface area contributed by atoms with Crippen LogP contribution in [-0.2, 0) is 14.3 Å². The van der Waals surface area contributed by atoms with Gasteiger partial charge in [-0.2, -0.15) is 0 Å². The fourth-order valence-electron chi connectivity index (χ4n) is 7.09. The van der Waals surface area contributed by atoms with E-state index in [4.69, 9.17) is 18.6 Å². The molecule has 1 amide bonds. The lowest BCUT2D eigenvalue weighted by Crippen LogP contribution is -2.43. The molecular formula is C58H74N2O7SSi. The average molecular weight is 971 g/mol. The third kappa shape index (κ3) is 18.0. The van der Waals surface area contributed by atoms with Crippen molar-refractivity contribution in [3.8, 4) is 27.7 Å². The van der Waals surface area contributed by atoms with Gasteiger partial charge in [0.15, 0.2) is 5.78 Å². The van der Waals surface area contributed by atoms with Gasteiger partial charge in [-0.05, 0) is 142 Å². The predicted octanol–water partition coefficient (Wildman–Crippen LogP) is 13.8. The summed E-state index contributed by atoms with van der Waals surface area (Å²) < 4.78 is 24.8. The summed E-state index contributed by atoms with van der Waals surface area (Å²) in [5.41, 5.74) is 1.96. The van der Waals surface area contributed by atoms with E-state index in [0.29, 0.717) is 35.7 Å². The molecule has 4 aromatic rings. The maximum Gasteiger partial charge on any atom is 0.333 e. The number of carbonyl (C=O) groups excluding carboxylic acids is 3. The summed E-state index contributed by atoms with van der Waals surface area (Å²) in [6.45, 7) is 19.5. The molecule has 1 aromatic heterocycles. The van der Waals surface area contributed by atoms with Crippen LogP contribution in [0.4, 0.5) is 0 Å². The van der Waals surface area contributed by atoms with Gasteiger partial charge in [0.05, 0.1) is 13.2 Å². The molecule has 3 aromatic carbocycles. The van der Waals surface area contributed by atoms with Crippen molar-refractivity contribution in [3.63, 3.8) is 0 Å². The molecule has 0 aliphatic carbocycles. The SMILES string of the molecule is CCC=CCC=CCC=CCC=CCC=CCC=CCCC(=O)N[C@@H](C)C(=O)Oc1ccc(-c2sc3cc(O[Si](C)(C)C(C)(C)C)ccc3c2C(=O)c2ccc(OCCN3CCOCC3)cc2)cc1. The number of amides is 1. The zero-order valence-corrected chi connectivity index (χ0v) is 43.8. The van der Waals surface area contributed by atoms with E-state index in [9.17, 15) is 14.4 Å². The Hall–Kier alpha value is -5.59. The van der Waals surface area contributed by atoms with Crippen LogP contribution in [0.15, 0.2) is 140 Å². The molecule has 0 bridgehead atoms. The summed E-state index contributed by atoms with van der Waals surface area (Å²) in [4.78, 5) is 43.4. The maximum atomic E-state index is 14.5. The molecule has 2 heterocycles. The van der Waals surface area contributed by atoms with Gasteiger partial charge in [0.2, 0.25) is 14.2 Å². The third-order valence-corrected chi connectivity index (χ3v) is 17.7. The zero-order valence-electron chi connectivity index (χ0n) is 42.0. The second kappa shape index (κ2) is 28.2. The maximum absolute atomic E-state index is 14.5. The molecule has 1 N–H and O–H groups in total. The van der Waals surface area contributed by atoms with Crippen molar-refractivity contribution in [1.82, 2.24) is 10.2 Å². The van der Waals surface area contributed by atoms with E-state index in [2.05, 4.69) is 112 Å². The number of morpholine rings is 1. The number of ketones is 1. The van der Waals surface area contributed by atoms with E-state index in [1.54, 1.807) is 19.1 Å². The van der Waals surface area contributed by atoms with Gasteiger partial charge in [-0.1, -0.05) is 101 Å². The minimum absolute atomic E-state index is 0.0206. The lowest BCUT2D eigenvalue weighted by molar-refractivity contribution is -0.138. The normalized spacial score (nSPS) is 14.6. The Kier molecular flexibility index (Phi) is 22.2. The minimum atomic E-state index is -2.12. The molecule has 1 aliphatic heterocycles. The van der Waals surface area contributed by atoms with Crippen LogP contribution >= 0.6 is 11.3 Å². The topological polar surface area (TPSA) is 103 Å². The highest BCUT2D eigenvalue weighted by molar-refractivity contribution is 7.22. The van der Waals surface area contributed by atoms with Gasteiger partial charge in [-0.25, -0.2) is 4.79 Å². The minimum Gasteiger partial charge on any atom is -0.543 e. The van der Waals surface area contributed by atoms with Crippen molar-refractivity contribution in [2.75, 3.05) is 39.5 Å². The Bertz CT molecular complexity index is 2430. The lowest BCUT2D eigenvalue weighted by atomic mass is 9.97. The van der Waals surface area contributed by atoms with Gasteiger partial charge in [0.25, 0.3) is 0 Å². The molecule has 1 saturated heterocycles.